The van der Waals surface area contributed by atoms with Gasteiger partial charge in [0.25, 0.3) is 0 Å². The number of ether oxygens (including phenoxy) is 1. The summed E-state index contributed by atoms with van der Waals surface area (Å²) in [6.07, 6.45) is 5.40. The van der Waals surface area contributed by atoms with Crippen LogP contribution in [0.15, 0.2) is 12.5 Å². The summed E-state index contributed by atoms with van der Waals surface area (Å²) >= 11 is 0. The first-order chi connectivity index (χ1) is 10.1. The summed E-state index contributed by atoms with van der Waals surface area (Å²) in [7, 11) is -0.903. The molecule has 0 radical (unpaired) electrons. The Morgan fingerprint density at radius 1 is 1.50 bits per heavy atom. The average molecular weight is 329 g/mol. The van der Waals surface area contributed by atoms with Gasteiger partial charge in [0.2, 0.25) is 0 Å². The Balaban J connectivity index is 2.81. The minimum atomic E-state index is -0.903. The van der Waals surface area contributed by atoms with Crippen LogP contribution in [0, 0.1) is 0 Å². The molecule has 0 aromatic carbocycles. The summed E-state index contributed by atoms with van der Waals surface area (Å²) in [6.45, 7) is 10.0. The van der Waals surface area contributed by atoms with Gasteiger partial charge in [-0.2, -0.15) is 0 Å². The first kappa shape index (κ1) is 18.7. The highest BCUT2D eigenvalue weighted by Crippen LogP contribution is 2.18. The quantitative estimate of drug-likeness (QED) is 0.871. The molecule has 0 saturated carbocycles. The van der Waals surface area contributed by atoms with Crippen LogP contribution in [0.25, 0.3) is 0 Å². The van der Waals surface area contributed by atoms with Crippen LogP contribution in [0.5, 0.6) is 0 Å². The summed E-state index contributed by atoms with van der Waals surface area (Å²) in [5.41, 5.74) is 0.363. The Bertz CT molecular complexity index is 522. The van der Waals surface area contributed by atoms with Crippen molar-refractivity contribution >= 4 is 16.9 Å². The molecule has 126 valence electrons. The molecule has 1 aromatic rings. The van der Waals surface area contributed by atoms with Crippen LogP contribution in [-0.4, -0.2) is 37.0 Å². The molecule has 0 bridgehead atoms. The van der Waals surface area contributed by atoms with Crippen molar-refractivity contribution in [2.45, 2.75) is 64.5 Å². The molecule has 1 amide bonds. The molecule has 22 heavy (non-hydrogen) atoms. The van der Waals surface area contributed by atoms with Crippen molar-refractivity contribution < 1.29 is 13.7 Å². The van der Waals surface area contributed by atoms with Gasteiger partial charge in [-0.15, -0.1) is 0 Å². The Labute approximate surface area is 135 Å². The second-order valence-corrected chi connectivity index (χ2v) is 8.19. The van der Waals surface area contributed by atoms with Crippen LogP contribution in [0.1, 0.15) is 52.8 Å². The monoisotopic (exact) mass is 329 g/mol. The van der Waals surface area contributed by atoms with Crippen LogP contribution in [0.4, 0.5) is 4.79 Å². The smallest absolute Gasteiger partial charge is 0.408 e. The molecule has 0 spiro atoms. The SMILES string of the molecule is CC[C@@H](NC(=O)OC(C)(C)C)c1cncn1CC(C)S(C)=O. The van der Waals surface area contributed by atoms with Crippen molar-refractivity contribution in [1.82, 2.24) is 14.9 Å². The molecule has 3 atom stereocenters. The van der Waals surface area contributed by atoms with Crippen molar-refractivity contribution in [2.75, 3.05) is 6.26 Å². The highest BCUT2D eigenvalue weighted by atomic mass is 32.2. The van der Waals surface area contributed by atoms with Gasteiger partial charge in [-0.1, -0.05) is 6.92 Å². The third-order valence-electron chi connectivity index (χ3n) is 3.22. The summed E-state index contributed by atoms with van der Waals surface area (Å²) in [6, 6.07) is -0.185. The minimum Gasteiger partial charge on any atom is -0.444 e. The van der Waals surface area contributed by atoms with Gasteiger partial charge in [-0.3, -0.25) is 4.21 Å². The van der Waals surface area contributed by atoms with Crippen molar-refractivity contribution in [2.24, 2.45) is 0 Å². The number of amides is 1. The van der Waals surface area contributed by atoms with Crippen molar-refractivity contribution in [3.63, 3.8) is 0 Å². The number of rotatable bonds is 6. The largest absolute Gasteiger partial charge is 0.444 e. The van der Waals surface area contributed by atoms with E-state index in [-0.39, 0.29) is 11.3 Å². The Morgan fingerprint density at radius 3 is 2.64 bits per heavy atom. The maximum Gasteiger partial charge on any atom is 0.408 e. The molecule has 1 N–H and O–H groups in total. The zero-order valence-electron chi connectivity index (χ0n) is 14.3. The molecular formula is C15H27N3O3S. The zero-order valence-corrected chi connectivity index (χ0v) is 15.1. The van der Waals surface area contributed by atoms with E-state index in [2.05, 4.69) is 10.3 Å². The maximum atomic E-state index is 12.0. The molecule has 1 aromatic heterocycles. The van der Waals surface area contributed by atoms with Gasteiger partial charge in [-0.05, 0) is 34.1 Å². The number of carbonyl (C=O) groups excluding carboxylic acids is 1. The standard InChI is InChI=1S/C15H27N3O3S/c1-7-12(17-14(19)21-15(3,4)5)13-8-16-10-18(13)9-11(2)22(6)20/h8,10-12H,7,9H2,1-6H3,(H,17,19)/t11?,12-,22?/m1/s1. The molecule has 2 unspecified atom stereocenters. The van der Waals surface area contributed by atoms with Gasteiger partial charge in [0, 0.05) is 28.9 Å². The van der Waals surface area contributed by atoms with E-state index in [1.807, 2.05) is 39.2 Å². The summed E-state index contributed by atoms with van der Waals surface area (Å²) in [4.78, 5) is 16.1. The number of hydrogen-bond acceptors (Lipinski definition) is 4. The van der Waals surface area contributed by atoms with Crippen molar-refractivity contribution in [1.29, 1.82) is 0 Å². The first-order valence-corrected chi connectivity index (χ1v) is 9.08. The zero-order chi connectivity index (χ0) is 16.9. The van der Waals surface area contributed by atoms with Crippen LogP contribution >= 0.6 is 0 Å². The summed E-state index contributed by atoms with van der Waals surface area (Å²) in [5, 5.41) is 2.89. The van der Waals surface area contributed by atoms with Gasteiger partial charge in [0.05, 0.1) is 24.3 Å². The average Bonchev–Trinajstić information content (AvgIpc) is 2.81. The maximum absolute atomic E-state index is 12.0. The molecule has 0 saturated heterocycles. The number of nitrogens with zero attached hydrogens (tertiary/aromatic N) is 2. The molecule has 0 aliphatic carbocycles. The highest BCUT2D eigenvalue weighted by Gasteiger charge is 2.22. The third-order valence-corrected chi connectivity index (χ3v) is 4.50. The predicted molar refractivity (Wildman–Crippen MR) is 88.2 cm³/mol. The molecular weight excluding hydrogens is 302 g/mol. The molecule has 0 aliphatic rings. The molecule has 7 heteroatoms. The third kappa shape index (κ3) is 5.79. The number of imidazole rings is 1. The molecule has 6 nitrogen and oxygen atoms in total. The van der Waals surface area contributed by atoms with E-state index < -0.39 is 22.5 Å². The lowest BCUT2D eigenvalue weighted by molar-refractivity contribution is 0.0500. The fraction of sp³-hybridized carbons (Fsp3) is 0.733. The van der Waals surface area contributed by atoms with E-state index in [1.54, 1.807) is 18.8 Å². The van der Waals surface area contributed by atoms with E-state index in [0.717, 1.165) is 5.69 Å². The van der Waals surface area contributed by atoms with Crippen LogP contribution in [0.2, 0.25) is 0 Å². The molecule has 0 aliphatic heterocycles. The number of nitrogens with one attached hydrogen (secondary N) is 1. The van der Waals surface area contributed by atoms with Crippen molar-refractivity contribution in [3.8, 4) is 0 Å². The summed E-state index contributed by atoms with van der Waals surface area (Å²) in [5.74, 6) is 0. The minimum absolute atomic E-state index is 0.0204. The van der Waals surface area contributed by atoms with E-state index in [4.69, 9.17) is 4.74 Å². The molecule has 0 fully saturated rings. The van der Waals surface area contributed by atoms with E-state index in [9.17, 15) is 9.00 Å². The van der Waals surface area contributed by atoms with Gasteiger partial charge in [0.15, 0.2) is 0 Å². The predicted octanol–water partition coefficient (Wildman–Crippen LogP) is 2.63. The molecule has 1 heterocycles. The van der Waals surface area contributed by atoms with Gasteiger partial charge in [-0.25, -0.2) is 9.78 Å². The lowest BCUT2D eigenvalue weighted by Crippen LogP contribution is -2.35. The van der Waals surface area contributed by atoms with Crippen LogP contribution < -0.4 is 5.32 Å². The normalized spacial score (nSPS) is 15.9. The van der Waals surface area contributed by atoms with Crippen LogP contribution in [-0.2, 0) is 22.1 Å². The van der Waals surface area contributed by atoms with E-state index >= 15 is 0 Å². The Kier molecular flexibility index (Phi) is 6.59. The van der Waals surface area contributed by atoms with E-state index in [1.165, 1.54) is 0 Å². The number of aromatic nitrogens is 2. The lowest BCUT2D eigenvalue weighted by Gasteiger charge is -2.24. The second kappa shape index (κ2) is 7.76. The second-order valence-electron chi connectivity index (χ2n) is 6.39. The fourth-order valence-corrected chi connectivity index (χ4v) is 2.36. The fourth-order valence-electron chi connectivity index (χ4n) is 1.99. The molecule has 1 rings (SSSR count). The number of alkyl carbamates (subject to hydrolysis) is 1. The Hall–Kier alpha value is -1.37. The van der Waals surface area contributed by atoms with E-state index in [0.29, 0.717) is 13.0 Å². The van der Waals surface area contributed by atoms with Gasteiger partial charge < -0.3 is 14.6 Å². The number of carbonyl (C=O) groups is 1. The highest BCUT2D eigenvalue weighted by molar-refractivity contribution is 7.84. The Morgan fingerprint density at radius 2 is 2.14 bits per heavy atom. The summed E-state index contributed by atoms with van der Waals surface area (Å²) < 4.78 is 18.8. The lowest BCUT2D eigenvalue weighted by atomic mass is 10.1. The topological polar surface area (TPSA) is 73.2 Å². The van der Waals surface area contributed by atoms with Crippen molar-refractivity contribution in [3.05, 3.63) is 18.2 Å². The van der Waals surface area contributed by atoms with Crippen LogP contribution in [0.3, 0.4) is 0 Å². The van der Waals surface area contributed by atoms with Gasteiger partial charge in [0.1, 0.15) is 5.60 Å². The number of hydrogen-bond donors (Lipinski definition) is 1. The first-order valence-electron chi connectivity index (χ1n) is 7.45. The van der Waals surface area contributed by atoms with Gasteiger partial charge >= 0.3 is 6.09 Å².